The maximum atomic E-state index is 14.6. The first-order chi connectivity index (χ1) is 14.9. The number of halogens is 1. The predicted octanol–water partition coefficient (Wildman–Crippen LogP) is 4.39. The highest BCUT2D eigenvalue weighted by Gasteiger charge is 2.43. The highest BCUT2D eigenvalue weighted by atomic mass is 19.1. The zero-order valence-electron chi connectivity index (χ0n) is 19.8. The molecule has 0 unspecified atom stereocenters. The standard InChI is InChI=1S/C23H33FN6O2/c1-14(31)26-15-8-16(10-18(9-15)32-7)28-21-25-13-19(24)20(29-21)27-17-11-22(2,3)30(6)23(4,5)12-17/h8-10,13,17H,11-12H2,1-7H3,(H,26,31)(H2,25,27,28,29). The maximum Gasteiger partial charge on any atom is 0.229 e. The molecule has 0 bridgehead atoms. The van der Waals surface area contributed by atoms with E-state index in [0.29, 0.717) is 17.1 Å². The third-order valence-electron chi connectivity index (χ3n) is 6.11. The molecule has 2 heterocycles. The molecule has 32 heavy (non-hydrogen) atoms. The normalized spacial score (nSPS) is 18.1. The van der Waals surface area contributed by atoms with Crippen molar-refractivity contribution in [2.45, 2.75) is 64.6 Å². The van der Waals surface area contributed by atoms with E-state index in [2.05, 4.69) is 65.6 Å². The highest BCUT2D eigenvalue weighted by molar-refractivity contribution is 5.89. The topological polar surface area (TPSA) is 91.4 Å². The molecule has 3 N–H and O–H groups in total. The van der Waals surface area contributed by atoms with Crippen molar-refractivity contribution in [1.82, 2.24) is 14.9 Å². The Morgan fingerprint density at radius 1 is 1.16 bits per heavy atom. The van der Waals surface area contributed by atoms with Crippen LogP contribution in [0.25, 0.3) is 0 Å². The SMILES string of the molecule is COc1cc(NC(C)=O)cc(Nc2ncc(F)c(NC3CC(C)(C)N(C)C(C)(C)C3)n2)c1. The molecule has 2 aromatic rings. The number of carbonyl (C=O) groups is 1. The van der Waals surface area contributed by atoms with Crippen molar-refractivity contribution in [3.63, 3.8) is 0 Å². The quantitative estimate of drug-likeness (QED) is 0.609. The molecule has 0 saturated carbocycles. The van der Waals surface area contributed by atoms with E-state index in [9.17, 15) is 9.18 Å². The summed E-state index contributed by atoms with van der Waals surface area (Å²) in [6.07, 6.45) is 2.86. The molecule has 174 valence electrons. The maximum absolute atomic E-state index is 14.6. The molecule has 1 aromatic carbocycles. The number of hydrogen-bond acceptors (Lipinski definition) is 7. The van der Waals surface area contributed by atoms with Crippen molar-refractivity contribution in [3.8, 4) is 5.75 Å². The van der Waals surface area contributed by atoms with Crippen LogP contribution in [0.3, 0.4) is 0 Å². The van der Waals surface area contributed by atoms with Crippen LogP contribution in [0.5, 0.6) is 5.75 Å². The van der Waals surface area contributed by atoms with Crippen LogP contribution in [-0.4, -0.2) is 52.1 Å². The molecule has 0 spiro atoms. The molecular formula is C23H33FN6O2. The van der Waals surface area contributed by atoms with Crippen molar-refractivity contribution in [2.75, 3.05) is 30.1 Å². The third-order valence-corrected chi connectivity index (χ3v) is 6.11. The van der Waals surface area contributed by atoms with Gasteiger partial charge in [0.25, 0.3) is 0 Å². The molecular weight excluding hydrogens is 411 g/mol. The van der Waals surface area contributed by atoms with Crippen molar-refractivity contribution < 1.29 is 13.9 Å². The average Bonchev–Trinajstić information content (AvgIpc) is 2.67. The van der Waals surface area contributed by atoms with Crippen molar-refractivity contribution in [1.29, 1.82) is 0 Å². The van der Waals surface area contributed by atoms with Gasteiger partial charge in [-0.2, -0.15) is 4.98 Å². The lowest BCUT2D eigenvalue weighted by Crippen LogP contribution is -2.61. The zero-order chi connectivity index (χ0) is 23.7. The molecule has 9 heteroatoms. The van der Waals surface area contributed by atoms with Crippen LogP contribution in [-0.2, 0) is 4.79 Å². The van der Waals surface area contributed by atoms with Crippen LogP contribution in [0.1, 0.15) is 47.5 Å². The molecule has 1 saturated heterocycles. The van der Waals surface area contributed by atoms with Gasteiger partial charge in [-0.3, -0.25) is 9.69 Å². The number of aromatic nitrogens is 2. The summed E-state index contributed by atoms with van der Waals surface area (Å²) >= 11 is 0. The van der Waals surface area contributed by atoms with E-state index in [1.165, 1.54) is 14.0 Å². The Morgan fingerprint density at radius 3 is 2.38 bits per heavy atom. The minimum absolute atomic E-state index is 0.0370. The van der Waals surface area contributed by atoms with E-state index >= 15 is 0 Å². The molecule has 8 nitrogen and oxygen atoms in total. The molecule has 1 aliphatic heterocycles. The van der Waals surface area contributed by atoms with Crippen LogP contribution in [0.2, 0.25) is 0 Å². The van der Waals surface area contributed by atoms with Gasteiger partial charge < -0.3 is 20.7 Å². The van der Waals surface area contributed by atoms with Crippen LogP contribution in [0.4, 0.5) is 27.5 Å². The summed E-state index contributed by atoms with van der Waals surface area (Å²) in [5.74, 6) is 0.248. The lowest BCUT2D eigenvalue weighted by molar-refractivity contribution is -0.114. The van der Waals surface area contributed by atoms with Crippen molar-refractivity contribution >= 4 is 29.0 Å². The Balaban J connectivity index is 1.82. The van der Waals surface area contributed by atoms with Gasteiger partial charge in [-0.1, -0.05) is 0 Å². The smallest absolute Gasteiger partial charge is 0.229 e. The largest absolute Gasteiger partial charge is 0.497 e. The van der Waals surface area contributed by atoms with Gasteiger partial charge in [0.1, 0.15) is 5.75 Å². The number of rotatable bonds is 6. The second-order valence-corrected chi connectivity index (χ2v) is 9.58. The van der Waals surface area contributed by atoms with Crippen LogP contribution >= 0.6 is 0 Å². The molecule has 1 amide bonds. The fourth-order valence-electron chi connectivity index (χ4n) is 4.39. The van der Waals surface area contributed by atoms with E-state index in [1.54, 1.807) is 18.2 Å². The lowest BCUT2D eigenvalue weighted by atomic mass is 9.77. The molecule has 3 rings (SSSR count). The summed E-state index contributed by atoms with van der Waals surface area (Å²) in [5, 5.41) is 9.08. The first-order valence-corrected chi connectivity index (χ1v) is 10.7. The lowest BCUT2D eigenvalue weighted by Gasteiger charge is -2.53. The van der Waals surface area contributed by atoms with Crippen molar-refractivity contribution in [2.24, 2.45) is 0 Å². The Labute approximate surface area is 189 Å². The average molecular weight is 445 g/mol. The number of carbonyl (C=O) groups excluding carboxylic acids is 1. The Kier molecular flexibility index (Phi) is 6.59. The van der Waals surface area contributed by atoms with Crippen LogP contribution in [0.15, 0.2) is 24.4 Å². The van der Waals surface area contributed by atoms with E-state index < -0.39 is 5.82 Å². The van der Waals surface area contributed by atoms with Gasteiger partial charge in [0.2, 0.25) is 11.9 Å². The summed E-state index contributed by atoms with van der Waals surface area (Å²) in [5.41, 5.74) is 1.10. The molecule has 1 fully saturated rings. The minimum atomic E-state index is -0.505. The van der Waals surface area contributed by atoms with Crippen LogP contribution < -0.4 is 20.7 Å². The first-order valence-electron chi connectivity index (χ1n) is 10.7. The molecule has 0 aliphatic carbocycles. The number of likely N-dealkylation sites (tertiary alicyclic amines) is 1. The Morgan fingerprint density at radius 2 is 1.78 bits per heavy atom. The molecule has 1 aliphatic rings. The number of nitrogens with zero attached hydrogens (tertiary/aromatic N) is 3. The zero-order valence-corrected chi connectivity index (χ0v) is 19.8. The second-order valence-electron chi connectivity index (χ2n) is 9.58. The molecule has 0 radical (unpaired) electrons. The predicted molar refractivity (Wildman–Crippen MR) is 125 cm³/mol. The molecule has 1 aromatic heterocycles. The van der Waals surface area contributed by atoms with Crippen molar-refractivity contribution in [3.05, 3.63) is 30.2 Å². The molecule has 0 atom stereocenters. The summed E-state index contributed by atoms with van der Waals surface area (Å²) in [6, 6.07) is 5.24. The number of anilines is 4. The highest BCUT2D eigenvalue weighted by Crippen LogP contribution is 2.38. The first kappa shape index (κ1) is 23.7. The summed E-state index contributed by atoms with van der Waals surface area (Å²) in [6.45, 7) is 10.2. The van der Waals surface area contributed by atoms with Gasteiger partial charge in [0.05, 0.1) is 13.3 Å². The minimum Gasteiger partial charge on any atom is -0.497 e. The number of benzene rings is 1. The van der Waals surface area contributed by atoms with E-state index in [-0.39, 0.29) is 34.8 Å². The summed E-state index contributed by atoms with van der Waals surface area (Å²) in [7, 11) is 3.67. The Bertz CT molecular complexity index is 976. The Hall–Kier alpha value is -2.94. The number of piperidine rings is 1. The van der Waals surface area contributed by atoms with Gasteiger partial charge in [-0.05, 0) is 53.7 Å². The fourth-order valence-corrected chi connectivity index (χ4v) is 4.39. The van der Waals surface area contributed by atoms with Crippen LogP contribution in [0, 0.1) is 5.82 Å². The summed E-state index contributed by atoms with van der Waals surface area (Å²) in [4.78, 5) is 22.2. The van der Waals surface area contributed by atoms with E-state index in [0.717, 1.165) is 19.0 Å². The monoisotopic (exact) mass is 444 g/mol. The fraction of sp³-hybridized carbons (Fsp3) is 0.522. The van der Waals surface area contributed by atoms with E-state index in [1.807, 2.05) is 0 Å². The number of ether oxygens (including phenoxy) is 1. The summed E-state index contributed by atoms with van der Waals surface area (Å²) < 4.78 is 19.9. The number of hydrogen-bond donors (Lipinski definition) is 3. The number of nitrogens with one attached hydrogen (secondary N) is 3. The van der Waals surface area contributed by atoms with Gasteiger partial charge >= 0.3 is 0 Å². The van der Waals surface area contributed by atoms with Gasteiger partial charge in [-0.15, -0.1) is 0 Å². The third kappa shape index (κ3) is 5.45. The van der Waals surface area contributed by atoms with Gasteiger partial charge in [0.15, 0.2) is 11.6 Å². The second kappa shape index (κ2) is 8.90. The van der Waals surface area contributed by atoms with E-state index in [4.69, 9.17) is 4.74 Å². The van der Waals surface area contributed by atoms with Gasteiger partial charge in [-0.25, -0.2) is 9.37 Å². The number of methoxy groups -OCH3 is 1. The van der Waals surface area contributed by atoms with Gasteiger partial charge in [0, 0.05) is 47.6 Å². The number of amides is 1.